The van der Waals surface area contributed by atoms with E-state index in [2.05, 4.69) is 29.0 Å². The largest absolute Gasteiger partial charge is 0.493 e. The minimum absolute atomic E-state index is 0.00260. The Morgan fingerprint density at radius 3 is 2.18 bits per heavy atom. The molecule has 0 amide bonds. The number of benzene rings is 2. The molecule has 6 rings (SSSR count). The first-order chi connectivity index (χ1) is 16.4. The van der Waals surface area contributed by atoms with Crippen molar-refractivity contribution >= 4 is 18.0 Å². The summed E-state index contributed by atoms with van der Waals surface area (Å²) in [6.07, 6.45) is 10.9. The van der Waals surface area contributed by atoms with Crippen LogP contribution in [0.25, 0.3) is 17.2 Å². The van der Waals surface area contributed by atoms with Gasteiger partial charge in [0.25, 0.3) is 0 Å². The molecule has 4 saturated carbocycles. The molecule has 0 radical (unpaired) electrons. The quantitative estimate of drug-likeness (QED) is 0.394. The first-order valence-electron chi connectivity index (χ1n) is 12.3. The highest BCUT2D eigenvalue weighted by Gasteiger charge is 2.52. The SMILES string of the molecule is COC(=O)C=Cc1ccc(-c2ccc(OCCC(=O)O)c(C34CC5CC(CC(C5)C3)C4)c2)cc1. The van der Waals surface area contributed by atoms with Crippen molar-refractivity contribution in [3.05, 3.63) is 59.7 Å². The fourth-order valence-electron chi connectivity index (χ4n) is 6.96. The summed E-state index contributed by atoms with van der Waals surface area (Å²) in [7, 11) is 1.37. The monoisotopic (exact) mass is 460 g/mol. The molecule has 1 N–H and O–H groups in total. The van der Waals surface area contributed by atoms with Crippen LogP contribution in [0.4, 0.5) is 0 Å². The summed E-state index contributed by atoms with van der Waals surface area (Å²) in [5.41, 5.74) is 4.60. The summed E-state index contributed by atoms with van der Waals surface area (Å²) in [6.45, 7) is 0.190. The number of carbonyl (C=O) groups is 2. The molecule has 5 nitrogen and oxygen atoms in total. The zero-order valence-electron chi connectivity index (χ0n) is 19.7. The number of aliphatic carboxylic acids is 1. The second-order valence-electron chi connectivity index (χ2n) is 10.4. The maximum absolute atomic E-state index is 11.4. The zero-order chi connectivity index (χ0) is 23.7. The fourth-order valence-corrected chi connectivity index (χ4v) is 6.96. The van der Waals surface area contributed by atoms with Gasteiger partial charge in [0.05, 0.1) is 20.1 Å². The Labute approximate surface area is 200 Å². The van der Waals surface area contributed by atoms with Crippen LogP contribution in [0.5, 0.6) is 5.75 Å². The molecule has 0 saturated heterocycles. The maximum atomic E-state index is 11.4. The number of carboxylic acids is 1. The predicted octanol–water partition coefficient (Wildman–Crippen LogP) is 5.86. The molecule has 0 unspecified atom stereocenters. The van der Waals surface area contributed by atoms with Crippen molar-refractivity contribution in [3.63, 3.8) is 0 Å². The predicted molar refractivity (Wildman–Crippen MR) is 131 cm³/mol. The van der Waals surface area contributed by atoms with Crippen molar-refractivity contribution in [2.75, 3.05) is 13.7 Å². The van der Waals surface area contributed by atoms with Crippen molar-refractivity contribution < 1.29 is 24.2 Å². The van der Waals surface area contributed by atoms with Crippen molar-refractivity contribution in [1.82, 2.24) is 0 Å². The first-order valence-corrected chi connectivity index (χ1v) is 12.3. The second kappa shape index (κ2) is 9.28. The molecule has 4 bridgehead atoms. The molecule has 0 aromatic heterocycles. The van der Waals surface area contributed by atoms with E-state index in [0.717, 1.165) is 40.2 Å². The molecule has 4 fully saturated rings. The van der Waals surface area contributed by atoms with Gasteiger partial charge in [-0.3, -0.25) is 4.79 Å². The molecular formula is C29H32O5. The van der Waals surface area contributed by atoms with Gasteiger partial charge in [0.2, 0.25) is 0 Å². The molecule has 5 heteroatoms. The molecule has 178 valence electrons. The van der Waals surface area contributed by atoms with E-state index in [-0.39, 0.29) is 24.4 Å². The van der Waals surface area contributed by atoms with Crippen LogP contribution >= 0.6 is 0 Å². The Balaban J connectivity index is 1.46. The molecule has 4 aliphatic rings. The Kier molecular flexibility index (Phi) is 6.20. The summed E-state index contributed by atoms with van der Waals surface area (Å²) in [6, 6.07) is 14.5. The van der Waals surface area contributed by atoms with Crippen LogP contribution in [0.15, 0.2) is 48.5 Å². The third-order valence-corrected chi connectivity index (χ3v) is 8.02. The van der Waals surface area contributed by atoms with E-state index in [9.17, 15) is 9.59 Å². The number of esters is 1. The van der Waals surface area contributed by atoms with Crippen LogP contribution in [0, 0.1) is 17.8 Å². The van der Waals surface area contributed by atoms with E-state index in [0.29, 0.717) is 0 Å². The summed E-state index contributed by atoms with van der Waals surface area (Å²) >= 11 is 0. The average Bonchev–Trinajstić information content (AvgIpc) is 2.82. The third kappa shape index (κ3) is 4.61. The topological polar surface area (TPSA) is 72.8 Å². The van der Waals surface area contributed by atoms with Crippen LogP contribution in [0.3, 0.4) is 0 Å². The number of ether oxygens (including phenoxy) is 2. The van der Waals surface area contributed by atoms with Gasteiger partial charge in [-0.1, -0.05) is 30.3 Å². The minimum atomic E-state index is -0.839. The lowest BCUT2D eigenvalue weighted by Gasteiger charge is -2.57. The molecular weight excluding hydrogens is 428 g/mol. The molecule has 0 atom stereocenters. The zero-order valence-corrected chi connectivity index (χ0v) is 19.7. The highest BCUT2D eigenvalue weighted by molar-refractivity contribution is 5.87. The normalized spacial score (nSPS) is 27.1. The average molecular weight is 461 g/mol. The van der Waals surface area contributed by atoms with E-state index in [1.165, 1.54) is 57.3 Å². The van der Waals surface area contributed by atoms with Gasteiger partial charge in [-0.25, -0.2) is 4.79 Å². The van der Waals surface area contributed by atoms with Crippen molar-refractivity contribution in [1.29, 1.82) is 0 Å². The van der Waals surface area contributed by atoms with Crippen LogP contribution < -0.4 is 4.74 Å². The first kappa shape index (κ1) is 22.7. The Bertz CT molecular complexity index is 1060. The van der Waals surface area contributed by atoms with E-state index in [1.54, 1.807) is 6.08 Å². The Hall–Kier alpha value is -3.08. The standard InChI is InChI=1S/C29H32O5/c1-33-28(32)9-4-19-2-5-23(6-3-19)24-7-8-26(34-11-10-27(30)31)25(15-24)29-16-20-12-21(17-29)14-22(13-20)18-29/h2-9,15,20-22H,10-14,16-18H2,1H3,(H,30,31). The molecule has 0 heterocycles. The number of carboxylic acid groups (broad SMARTS) is 1. The number of hydrogen-bond acceptors (Lipinski definition) is 4. The lowest BCUT2D eigenvalue weighted by molar-refractivity contribution is -0.137. The van der Waals surface area contributed by atoms with Crippen LogP contribution in [0.1, 0.15) is 56.1 Å². The second-order valence-corrected chi connectivity index (χ2v) is 10.4. The van der Waals surface area contributed by atoms with Gasteiger partial charge in [-0.2, -0.15) is 0 Å². The lowest BCUT2D eigenvalue weighted by atomic mass is 9.48. The summed E-state index contributed by atoms with van der Waals surface area (Å²) < 4.78 is 10.7. The van der Waals surface area contributed by atoms with Crippen molar-refractivity contribution in [2.45, 2.75) is 50.4 Å². The molecule has 34 heavy (non-hydrogen) atoms. The van der Waals surface area contributed by atoms with Gasteiger partial charge in [-0.05, 0) is 96.6 Å². The molecule has 0 aliphatic heterocycles. The summed E-state index contributed by atoms with van der Waals surface area (Å²) in [5, 5.41) is 9.08. The Morgan fingerprint density at radius 2 is 1.59 bits per heavy atom. The van der Waals surface area contributed by atoms with E-state index in [1.807, 2.05) is 18.2 Å². The van der Waals surface area contributed by atoms with E-state index in [4.69, 9.17) is 9.84 Å². The molecule has 2 aromatic rings. The van der Waals surface area contributed by atoms with Crippen LogP contribution in [0.2, 0.25) is 0 Å². The van der Waals surface area contributed by atoms with Gasteiger partial charge < -0.3 is 14.6 Å². The molecule has 4 aliphatic carbocycles. The van der Waals surface area contributed by atoms with E-state index < -0.39 is 5.97 Å². The summed E-state index contributed by atoms with van der Waals surface area (Å²) in [5.74, 6) is 2.06. The fraction of sp³-hybridized carbons (Fsp3) is 0.448. The Morgan fingerprint density at radius 1 is 0.971 bits per heavy atom. The summed E-state index contributed by atoms with van der Waals surface area (Å²) in [4.78, 5) is 22.4. The number of rotatable bonds is 8. The number of methoxy groups -OCH3 is 1. The maximum Gasteiger partial charge on any atom is 0.330 e. The molecule has 2 aromatic carbocycles. The smallest absolute Gasteiger partial charge is 0.330 e. The third-order valence-electron chi connectivity index (χ3n) is 8.02. The van der Waals surface area contributed by atoms with Crippen molar-refractivity contribution in [2.24, 2.45) is 17.8 Å². The van der Waals surface area contributed by atoms with Gasteiger partial charge in [0, 0.05) is 11.6 Å². The van der Waals surface area contributed by atoms with Gasteiger partial charge >= 0.3 is 11.9 Å². The van der Waals surface area contributed by atoms with Crippen LogP contribution in [-0.2, 0) is 19.7 Å². The number of hydrogen-bond donors (Lipinski definition) is 1. The van der Waals surface area contributed by atoms with Gasteiger partial charge in [-0.15, -0.1) is 0 Å². The van der Waals surface area contributed by atoms with Crippen LogP contribution in [-0.4, -0.2) is 30.8 Å². The highest BCUT2D eigenvalue weighted by Crippen LogP contribution is 2.62. The van der Waals surface area contributed by atoms with Gasteiger partial charge in [0.15, 0.2) is 0 Å². The number of carbonyl (C=O) groups excluding carboxylic acids is 1. The van der Waals surface area contributed by atoms with Crippen molar-refractivity contribution in [3.8, 4) is 16.9 Å². The molecule has 0 spiro atoms. The lowest BCUT2D eigenvalue weighted by Crippen LogP contribution is -2.48. The highest BCUT2D eigenvalue weighted by atomic mass is 16.5. The van der Waals surface area contributed by atoms with Gasteiger partial charge in [0.1, 0.15) is 5.75 Å². The minimum Gasteiger partial charge on any atom is -0.493 e. The van der Waals surface area contributed by atoms with E-state index >= 15 is 0 Å².